The molecule has 6 N–H and O–H groups in total. The maximum absolute atomic E-state index is 11.6. The van der Waals surface area contributed by atoms with Gasteiger partial charge in [-0.25, -0.2) is 4.79 Å². The minimum Gasteiger partial charge on any atom is -0.497 e. The van der Waals surface area contributed by atoms with Crippen molar-refractivity contribution in [3.05, 3.63) is 59.7 Å². The van der Waals surface area contributed by atoms with Crippen molar-refractivity contribution in [2.75, 3.05) is 62.4 Å². The van der Waals surface area contributed by atoms with Crippen LogP contribution in [-0.4, -0.2) is 98.0 Å². The molecule has 0 fully saturated rings. The standard InChI is InChI=1S/C14H20N2O5.C8H11NO.C4H5ClO3.C4H11NO2/c1-19-11-6-4-10(5-7-11)8-15-13(17)14(18)16-9-12(20-2)21-3;1-10-8-4-2-7(6-9)3-5-8;1-2-8-4(7)3(5)6;1-6-4(3-5)7-2/h4-7,12H,8-9H2,1-3H3,(H,15,17)(H,16,18);2-5H,6,9H2,1H3;2H2,1H3;4H,3,5H2,1-2H3. The summed E-state index contributed by atoms with van der Waals surface area (Å²) in [6.45, 7) is 3.13. The number of carbonyl (C=O) groups is 4. The van der Waals surface area contributed by atoms with Crippen molar-refractivity contribution in [3.8, 4) is 11.5 Å². The number of hydrogen-bond acceptors (Lipinski definition) is 13. The Hall–Kier alpha value is -3.83. The first-order valence-corrected chi connectivity index (χ1v) is 14.1. The number of benzene rings is 2. The van der Waals surface area contributed by atoms with Gasteiger partial charge in [0.15, 0.2) is 12.6 Å². The predicted molar refractivity (Wildman–Crippen MR) is 171 cm³/mol. The highest BCUT2D eigenvalue weighted by Crippen LogP contribution is 2.11. The maximum atomic E-state index is 11.6. The summed E-state index contributed by atoms with van der Waals surface area (Å²) in [7, 11) is 9.24. The van der Waals surface area contributed by atoms with Gasteiger partial charge in [-0.05, 0) is 53.9 Å². The van der Waals surface area contributed by atoms with Gasteiger partial charge in [0.2, 0.25) is 0 Å². The van der Waals surface area contributed by atoms with Gasteiger partial charge in [0.1, 0.15) is 11.5 Å². The average molecular weight is 675 g/mol. The van der Waals surface area contributed by atoms with Crippen LogP contribution in [0, 0.1) is 0 Å². The Balaban J connectivity index is 0. The topological polar surface area (TPSA) is 209 Å². The highest BCUT2D eigenvalue weighted by atomic mass is 35.5. The number of halogens is 1. The highest BCUT2D eigenvalue weighted by molar-refractivity contribution is 6.80. The quantitative estimate of drug-likeness (QED) is 0.0958. The smallest absolute Gasteiger partial charge is 0.391 e. The molecule has 2 aromatic rings. The molecule has 0 atom stereocenters. The van der Waals surface area contributed by atoms with E-state index >= 15 is 0 Å². The molecule has 0 saturated carbocycles. The molecule has 0 heterocycles. The van der Waals surface area contributed by atoms with Crippen LogP contribution in [0.5, 0.6) is 11.5 Å². The van der Waals surface area contributed by atoms with Gasteiger partial charge in [-0.15, -0.1) is 0 Å². The first kappa shape index (κ1) is 44.3. The molecule has 2 rings (SSSR count). The number of hydrogen-bond donors (Lipinski definition) is 4. The molecular formula is C30H47ClN4O11. The Labute approximate surface area is 275 Å². The van der Waals surface area contributed by atoms with Crippen LogP contribution in [0.3, 0.4) is 0 Å². The minimum absolute atomic E-state index is 0.0990. The van der Waals surface area contributed by atoms with Crippen LogP contribution in [0.25, 0.3) is 0 Å². The second-order valence-electron chi connectivity index (χ2n) is 8.32. The van der Waals surface area contributed by atoms with Gasteiger partial charge in [-0.1, -0.05) is 24.3 Å². The van der Waals surface area contributed by atoms with Crippen LogP contribution in [-0.2, 0) is 56.0 Å². The molecule has 0 saturated heterocycles. The number of carbonyl (C=O) groups excluding carboxylic acids is 4. The average Bonchev–Trinajstić information content (AvgIpc) is 3.09. The third kappa shape index (κ3) is 21.8. The Kier molecular flexibility index (Phi) is 27.6. The van der Waals surface area contributed by atoms with Crippen molar-refractivity contribution >= 4 is 34.6 Å². The molecule has 0 bridgehead atoms. The first-order valence-electron chi connectivity index (χ1n) is 13.7. The summed E-state index contributed by atoms with van der Waals surface area (Å²) in [6.07, 6.45) is -0.816. The van der Waals surface area contributed by atoms with E-state index in [1.807, 2.05) is 36.4 Å². The van der Waals surface area contributed by atoms with E-state index in [-0.39, 0.29) is 26.0 Å². The number of amides is 2. The van der Waals surface area contributed by atoms with Crippen LogP contribution in [0.4, 0.5) is 0 Å². The molecule has 0 radical (unpaired) electrons. The van der Waals surface area contributed by atoms with E-state index in [2.05, 4.69) is 15.4 Å². The molecule has 2 aromatic carbocycles. The minimum atomic E-state index is -1.08. The lowest BCUT2D eigenvalue weighted by Gasteiger charge is -2.13. The third-order valence-electron chi connectivity index (χ3n) is 5.32. The van der Waals surface area contributed by atoms with Gasteiger partial charge >= 0.3 is 23.0 Å². The molecule has 0 unspecified atom stereocenters. The molecular weight excluding hydrogens is 628 g/mol. The predicted octanol–water partition coefficient (Wildman–Crippen LogP) is 1.08. The van der Waals surface area contributed by atoms with Gasteiger partial charge in [0, 0.05) is 48.1 Å². The molecule has 15 nitrogen and oxygen atoms in total. The second-order valence-corrected chi connectivity index (χ2v) is 8.67. The molecule has 0 aromatic heterocycles. The summed E-state index contributed by atoms with van der Waals surface area (Å²) in [5, 5.41) is 3.86. The van der Waals surface area contributed by atoms with Crippen LogP contribution in [0.15, 0.2) is 48.5 Å². The monoisotopic (exact) mass is 674 g/mol. The molecule has 16 heteroatoms. The largest absolute Gasteiger partial charge is 0.497 e. The van der Waals surface area contributed by atoms with E-state index in [0.717, 1.165) is 22.6 Å². The number of rotatable bonds is 14. The Morgan fingerprint density at radius 1 is 0.696 bits per heavy atom. The summed E-state index contributed by atoms with van der Waals surface area (Å²) >= 11 is 4.69. The molecule has 0 aliphatic carbocycles. The SMILES string of the molecule is CCOC(=O)C(=O)Cl.COC(CN)OC.COc1ccc(CN)cc1.COc1ccc(CNC(=O)C(=O)NCC(OC)OC)cc1. The van der Waals surface area contributed by atoms with Crippen LogP contribution in [0.1, 0.15) is 18.1 Å². The zero-order valence-corrected chi connectivity index (χ0v) is 28.1. The van der Waals surface area contributed by atoms with E-state index in [9.17, 15) is 19.2 Å². The fraction of sp³-hybridized carbons (Fsp3) is 0.467. The zero-order chi connectivity index (χ0) is 35.3. The van der Waals surface area contributed by atoms with Crippen molar-refractivity contribution < 1.29 is 52.3 Å². The molecule has 2 amide bonds. The molecule has 46 heavy (non-hydrogen) atoms. The lowest BCUT2D eigenvalue weighted by molar-refractivity contribution is -0.149. The molecule has 0 aliphatic heterocycles. The Morgan fingerprint density at radius 3 is 1.43 bits per heavy atom. The van der Waals surface area contributed by atoms with E-state index in [1.165, 1.54) is 14.2 Å². The van der Waals surface area contributed by atoms with Crippen molar-refractivity contribution in [1.82, 2.24) is 10.6 Å². The molecule has 0 aliphatic rings. The van der Waals surface area contributed by atoms with Gasteiger partial charge in [0.25, 0.3) is 0 Å². The zero-order valence-electron chi connectivity index (χ0n) is 27.3. The van der Waals surface area contributed by atoms with E-state index < -0.39 is 29.3 Å². The normalized spacial score (nSPS) is 9.74. The summed E-state index contributed by atoms with van der Waals surface area (Å²) < 4.78 is 33.4. The Bertz CT molecular complexity index is 1070. The summed E-state index contributed by atoms with van der Waals surface area (Å²) in [6, 6.07) is 14.9. The lowest BCUT2D eigenvalue weighted by Crippen LogP contribution is -2.43. The summed E-state index contributed by atoms with van der Waals surface area (Å²) in [4.78, 5) is 43.0. The van der Waals surface area contributed by atoms with Crippen molar-refractivity contribution in [2.24, 2.45) is 11.5 Å². The summed E-state index contributed by atoms with van der Waals surface area (Å²) in [5.41, 5.74) is 12.5. The van der Waals surface area contributed by atoms with Crippen LogP contribution < -0.4 is 31.6 Å². The number of esters is 1. The fourth-order valence-electron chi connectivity index (χ4n) is 2.76. The van der Waals surface area contributed by atoms with E-state index in [0.29, 0.717) is 13.1 Å². The number of ether oxygens (including phenoxy) is 7. The Morgan fingerprint density at radius 2 is 1.13 bits per heavy atom. The van der Waals surface area contributed by atoms with Crippen molar-refractivity contribution in [1.29, 1.82) is 0 Å². The molecule has 0 spiro atoms. The summed E-state index contributed by atoms with van der Waals surface area (Å²) in [5.74, 6) is -0.834. The third-order valence-corrected chi connectivity index (χ3v) is 5.48. The highest BCUT2D eigenvalue weighted by Gasteiger charge is 2.15. The number of methoxy groups -OCH3 is 6. The van der Waals surface area contributed by atoms with E-state index in [1.54, 1.807) is 47.5 Å². The second kappa shape index (κ2) is 28.6. The lowest BCUT2D eigenvalue weighted by atomic mass is 10.2. The maximum Gasteiger partial charge on any atom is 0.391 e. The first-order chi connectivity index (χ1) is 22.0. The van der Waals surface area contributed by atoms with E-state index in [4.69, 9.17) is 51.5 Å². The number of nitrogens with two attached hydrogens (primary N) is 2. The van der Waals surface area contributed by atoms with Crippen molar-refractivity contribution in [2.45, 2.75) is 32.6 Å². The van der Waals surface area contributed by atoms with Gasteiger partial charge in [0.05, 0.1) is 27.4 Å². The van der Waals surface area contributed by atoms with Gasteiger partial charge in [-0.3, -0.25) is 14.4 Å². The fourth-order valence-corrected chi connectivity index (χ4v) is 2.82. The van der Waals surface area contributed by atoms with Crippen molar-refractivity contribution in [3.63, 3.8) is 0 Å². The van der Waals surface area contributed by atoms with Gasteiger partial charge in [-0.2, -0.15) is 0 Å². The van der Waals surface area contributed by atoms with Crippen LogP contribution >= 0.6 is 11.6 Å². The van der Waals surface area contributed by atoms with Crippen LogP contribution in [0.2, 0.25) is 0 Å². The molecule has 260 valence electrons. The number of nitrogens with one attached hydrogen (secondary N) is 2. The van der Waals surface area contributed by atoms with Gasteiger partial charge < -0.3 is 55.3 Å².